The zero-order valence-electron chi connectivity index (χ0n) is 22.2. The van der Waals surface area contributed by atoms with Crippen molar-refractivity contribution in [2.24, 2.45) is 0 Å². The van der Waals surface area contributed by atoms with E-state index in [2.05, 4.69) is 21.3 Å². The summed E-state index contributed by atoms with van der Waals surface area (Å²) in [6, 6.07) is 14.0. The number of nitrogens with zero attached hydrogens (tertiary/aromatic N) is 5. The third-order valence-electron chi connectivity index (χ3n) is 8.01. The molecule has 1 unspecified atom stereocenters. The number of anilines is 1. The number of methoxy groups -OCH3 is 2. The molecule has 3 aliphatic rings. The van der Waals surface area contributed by atoms with Crippen molar-refractivity contribution in [2.45, 2.75) is 37.4 Å². The molecule has 0 radical (unpaired) electrons. The third kappa shape index (κ3) is 4.07. The molecule has 4 heterocycles. The van der Waals surface area contributed by atoms with Crippen LogP contribution in [-0.4, -0.2) is 77.3 Å². The molecule has 3 saturated heterocycles. The Balaban J connectivity index is 1.12. The topological polar surface area (TPSA) is 111 Å². The lowest BCUT2D eigenvalue weighted by atomic mass is 10.1. The number of aryl methyl sites for hydroxylation is 1. The lowest BCUT2D eigenvalue weighted by Gasteiger charge is -2.36. The summed E-state index contributed by atoms with van der Waals surface area (Å²) in [6.45, 7) is 1.26. The number of thiocarbonyl (C=S) groups is 1. The van der Waals surface area contributed by atoms with Crippen molar-refractivity contribution in [3.8, 4) is 17.6 Å². The molecular weight excluding hydrogens is 528 g/mol. The molecule has 3 aliphatic heterocycles. The van der Waals surface area contributed by atoms with Crippen LogP contribution in [0.4, 0.5) is 10.5 Å². The number of pyridine rings is 1. The molecule has 2 bridgehead atoms. The van der Waals surface area contributed by atoms with Crippen molar-refractivity contribution < 1.29 is 19.1 Å². The molecular formula is C29H28N6O4S. The van der Waals surface area contributed by atoms with Gasteiger partial charge in [-0.2, -0.15) is 5.26 Å². The Morgan fingerprint density at radius 1 is 1.15 bits per heavy atom. The number of rotatable bonds is 7. The van der Waals surface area contributed by atoms with Gasteiger partial charge in [0.25, 0.3) is 5.91 Å². The fourth-order valence-corrected chi connectivity index (χ4v) is 6.49. The number of likely N-dealkylation sites (tertiary alicyclic amines) is 1. The van der Waals surface area contributed by atoms with Gasteiger partial charge in [-0.1, -0.05) is 30.3 Å². The van der Waals surface area contributed by atoms with Crippen LogP contribution in [-0.2, 0) is 11.2 Å². The lowest BCUT2D eigenvalue weighted by molar-refractivity contribution is -0.120. The van der Waals surface area contributed by atoms with Gasteiger partial charge >= 0.3 is 6.03 Å². The maximum absolute atomic E-state index is 13.7. The Hall–Kier alpha value is -4.43. The second kappa shape index (κ2) is 10.3. The summed E-state index contributed by atoms with van der Waals surface area (Å²) in [5.41, 5.74) is 1.80. The molecule has 0 spiro atoms. The average Bonchev–Trinajstić information content (AvgIpc) is 3.65. The van der Waals surface area contributed by atoms with E-state index in [1.165, 1.54) is 11.1 Å². The van der Waals surface area contributed by atoms with Gasteiger partial charge in [0.15, 0.2) is 16.6 Å². The number of piperazine rings is 1. The number of hydrogen-bond acceptors (Lipinski definition) is 7. The first-order chi connectivity index (χ1) is 19.5. The van der Waals surface area contributed by atoms with Gasteiger partial charge in [0.05, 0.1) is 38.2 Å². The van der Waals surface area contributed by atoms with Gasteiger partial charge in [0, 0.05) is 23.9 Å². The molecule has 6 rings (SSSR count). The number of carbonyl (C=O) groups is 2. The number of imide groups is 1. The van der Waals surface area contributed by atoms with E-state index in [4.69, 9.17) is 21.7 Å². The molecule has 3 fully saturated rings. The zero-order valence-corrected chi connectivity index (χ0v) is 23.0. The highest BCUT2D eigenvalue weighted by Crippen LogP contribution is 2.43. The van der Waals surface area contributed by atoms with E-state index < -0.39 is 6.04 Å². The minimum Gasteiger partial charge on any atom is -0.493 e. The van der Waals surface area contributed by atoms with Crippen LogP contribution in [0.25, 0.3) is 10.8 Å². The smallest absolute Gasteiger partial charge is 0.332 e. The second-order valence-electron chi connectivity index (χ2n) is 10.1. The summed E-state index contributed by atoms with van der Waals surface area (Å²) in [5, 5.41) is 14.7. The molecule has 10 nitrogen and oxygen atoms in total. The number of nitriles is 1. The first-order valence-corrected chi connectivity index (χ1v) is 13.6. The van der Waals surface area contributed by atoms with Crippen LogP contribution in [0.3, 0.4) is 0 Å². The van der Waals surface area contributed by atoms with Crippen LogP contribution in [0, 0.1) is 11.3 Å². The Labute approximate surface area is 237 Å². The van der Waals surface area contributed by atoms with Gasteiger partial charge in [0.1, 0.15) is 17.8 Å². The molecule has 40 heavy (non-hydrogen) atoms. The minimum atomic E-state index is -0.604. The molecule has 3 aromatic rings. The maximum atomic E-state index is 13.7. The van der Waals surface area contributed by atoms with E-state index in [1.54, 1.807) is 37.3 Å². The Morgan fingerprint density at radius 3 is 2.67 bits per heavy atom. The second-order valence-corrected chi connectivity index (χ2v) is 10.5. The summed E-state index contributed by atoms with van der Waals surface area (Å²) < 4.78 is 10.7. The number of aromatic nitrogens is 1. The minimum absolute atomic E-state index is 0.0967. The number of nitrogens with one attached hydrogen (secondary N) is 1. The van der Waals surface area contributed by atoms with E-state index in [-0.39, 0.29) is 29.7 Å². The molecule has 204 valence electrons. The summed E-state index contributed by atoms with van der Waals surface area (Å²) in [7, 11) is 3.24. The van der Waals surface area contributed by atoms with E-state index >= 15 is 0 Å². The van der Waals surface area contributed by atoms with Gasteiger partial charge in [-0.25, -0.2) is 14.7 Å². The number of carbonyl (C=O) groups excluding carboxylic acids is 2. The molecule has 3 atom stereocenters. The normalized spacial score (nSPS) is 21.1. The largest absolute Gasteiger partial charge is 0.493 e. The summed E-state index contributed by atoms with van der Waals surface area (Å²) in [5.74, 6) is 1.12. The van der Waals surface area contributed by atoms with Gasteiger partial charge in [-0.3, -0.25) is 4.79 Å². The van der Waals surface area contributed by atoms with E-state index in [9.17, 15) is 14.9 Å². The highest BCUT2D eigenvalue weighted by Gasteiger charge is 2.62. The molecule has 2 aromatic carbocycles. The predicted molar refractivity (Wildman–Crippen MR) is 152 cm³/mol. The van der Waals surface area contributed by atoms with Crippen molar-refractivity contribution in [1.82, 2.24) is 20.1 Å². The maximum Gasteiger partial charge on any atom is 0.332 e. The van der Waals surface area contributed by atoms with Gasteiger partial charge in [-0.05, 0) is 49.2 Å². The first kappa shape index (κ1) is 25.8. The van der Waals surface area contributed by atoms with Crippen LogP contribution in [0.1, 0.15) is 24.1 Å². The van der Waals surface area contributed by atoms with Crippen molar-refractivity contribution >= 4 is 45.7 Å². The molecule has 1 aromatic heterocycles. The highest BCUT2D eigenvalue weighted by molar-refractivity contribution is 7.80. The standard InChI is InChI=1S/C29H28N6O4S/c1-38-24-10-9-17(12-25(24)39-2)6-5-11-31-28(40)33-16-18-13-22(33)26-27(36)35(29(37)34(18)26)23-15-32-21(14-30)19-7-3-4-8-20(19)23/h3-4,7-10,12,15,18,22,26H,5-6,11,13,16H2,1-2H3,(H,31,40)/t18-,22?,26+/m1/s1. The monoisotopic (exact) mass is 556 g/mol. The number of benzene rings is 2. The van der Waals surface area contributed by atoms with Gasteiger partial charge < -0.3 is 24.6 Å². The number of ether oxygens (including phenoxy) is 2. The Morgan fingerprint density at radius 2 is 1.93 bits per heavy atom. The van der Waals surface area contributed by atoms with Crippen LogP contribution < -0.4 is 19.7 Å². The van der Waals surface area contributed by atoms with E-state index in [0.717, 1.165) is 18.4 Å². The molecule has 0 saturated carbocycles. The number of urea groups is 1. The molecule has 1 N–H and O–H groups in total. The van der Waals surface area contributed by atoms with E-state index in [1.807, 2.05) is 24.3 Å². The van der Waals surface area contributed by atoms with Crippen molar-refractivity contribution in [1.29, 1.82) is 5.26 Å². The number of hydrogen-bond donors (Lipinski definition) is 1. The van der Waals surface area contributed by atoms with Crippen LogP contribution in [0.2, 0.25) is 0 Å². The summed E-state index contributed by atoms with van der Waals surface area (Å²) >= 11 is 5.73. The summed E-state index contributed by atoms with van der Waals surface area (Å²) in [6.07, 6.45) is 3.85. The fourth-order valence-electron chi connectivity index (χ4n) is 6.18. The molecule has 0 aliphatic carbocycles. The van der Waals surface area contributed by atoms with Crippen LogP contribution in [0.15, 0.2) is 48.7 Å². The van der Waals surface area contributed by atoms with Crippen molar-refractivity contribution in [2.75, 3.05) is 32.2 Å². The average molecular weight is 557 g/mol. The van der Waals surface area contributed by atoms with Crippen molar-refractivity contribution in [3.05, 3.63) is 59.9 Å². The Kier molecular flexibility index (Phi) is 6.64. The third-order valence-corrected chi connectivity index (χ3v) is 8.39. The predicted octanol–water partition coefficient (Wildman–Crippen LogP) is 3.22. The number of amides is 3. The van der Waals surface area contributed by atoms with Gasteiger partial charge in [-0.15, -0.1) is 0 Å². The lowest BCUT2D eigenvalue weighted by Crippen LogP contribution is -2.57. The zero-order chi connectivity index (χ0) is 28.0. The first-order valence-electron chi connectivity index (χ1n) is 13.2. The van der Waals surface area contributed by atoms with Crippen molar-refractivity contribution in [3.63, 3.8) is 0 Å². The summed E-state index contributed by atoms with van der Waals surface area (Å²) in [4.78, 5) is 36.5. The van der Waals surface area contributed by atoms with E-state index in [0.29, 0.717) is 52.6 Å². The highest BCUT2D eigenvalue weighted by atomic mass is 32.1. The van der Waals surface area contributed by atoms with Crippen LogP contribution in [0.5, 0.6) is 11.5 Å². The molecule has 11 heteroatoms. The van der Waals surface area contributed by atoms with Gasteiger partial charge in [0.2, 0.25) is 0 Å². The quantitative estimate of drug-likeness (QED) is 0.266. The Bertz CT molecular complexity index is 1570. The SMILES string of the molecule is COc1ccc(CCCNC(=S)N2C[C@H]3CC2[C@H]2C(=O)N(c4cnc(C#N)c5ccccc45)C(=O)N32)cc1OC. The van der Waals surface area contributed by atoms with Crippen LogP contribution >= 0.6 is 12.2 Å². The number of fused-ring (bicyclic) bond motifs is 6. The molecule has 3 amide bonds. The fraction of sp³-hybridized carbons (Fsp3) is 0.345.